The molecule has 2 aliphatic rings. The van der Waals surface area contributed by atoms with Crippen LogP contribution in [-0.2, 0) is 19.1 Å². The largest absolute Gasteiger partial charge is 0.493 e. The Labute approximate surface area is 195 Å². The van der Waals surface area contributed by atoms with Crippen molar-refractivity contribution in [2.45, 2.75) is 32.0 Å². The molecule has 0 unspecified atom stereocenters. The van der Waals surface area contributed by atoms with Crippen LogP contribution in [0.1, 0.15) is 52.3 Å². The summed E-state index contributed by atoms with van der Waals surface area (Å²) in [7, 11) is 2.86. The van der Waals surface area contributed by atoms with Crippen molar-refractivity contribution in [3.8, 4) is 11.5 Å². The molecule has 10 nitrogen and oxygen atoms in total. The molecule has 2 aromatic rings. The van der Waals surface area contributed by atoms with E-state index in [1.54, 1.807) is 43.3 Å². The highest BCUT2D eigenvalue weighted by Crippen LogP contribution is 2.45. The van der Waals surface area contributed by atoms with Gasteiger partial charge in [0.15, 0.2) is 11.5 Å². The molecule has 4 rings (SSSR count). The number of anilines is 1. The van der Waals surface area contributed by atoms with Crippen molar-refractivity contribution < 1.29 is 38.1 Å². The standard InChI is InChI=1S/C24H24N2O8/c1-4-33-23(29)13-5-7-14(8-6-13)25-21(28)16-10-12-18(27)26(16)22-15-9-11-17(31-2)20(32-3)19(15)24(30)34-22/h5-9,11,16,22H,4,10,12H2,1-3H3,(H,25,28)/t16-,22-/m1/s1. The summed E-state index contributed by atoms with van der Waals surface area (Å²) in [6.45, 7) is 1.98. The molecule has 2 aromatic carbocycles. The van der Waals surface area contributed by atoms with Gasteiger partial charge in [-0.25, -0.2) is 9.59 Å². The quantitative estimate of drug-likeness (QED) is 0.616. The van der Waals surface area contributed by atoms with Gasteiger partial charge in [0.25, 0.3) is 0 Å². The molecule has 1 saturated heterocycles. The fourth-order valence-electron chi connectivity index (χ4n) is 4.17. The van der Waals surface area contributed by atoms with Gasteiger partial charge in [0.2, 0.25) is 18.0 Å². The number of hydrogen-bond acceptors (Lipinski definition) is 8. The van der Waals surface area contributed by atoms with Crippen LogP contribution in [-0.4, -0.2) is 55.5 Å². The number of hydrogen-bond donors (Lipinski definition) is 1. The fourth-order valence-corrected chi connectivity index (χ4v) is 4.17. The second-order valence-corrected chi connectivity index (χ2v) is 7.67. The monoisotopic (exact) mass is 468 g/mol. The molecule has 10 heteroatoms. The molecule has 178 valence electrons. The maximum atomic E-state index is 13.1. The van der Waals surface area contributed by atoms with E-state index in [9.17, 15) is 19.2 Å². The number of esters is 2. The average Bonchev–Trinajstić information content (AvgIpc) is 3.38. The van der Waals surface area contributed by atoms with Crippen molar-refractivity contribution in [1.82, 2.24) is 4.90 Å². The Morgan fingerprint density at radius 3 is 2.47 bits per heavy atom. The normalized spacial score (nSPS) is 18.9. The zero-order valence-corrected chi connectivity index (χ0v) is 19.0. The number of rotatable bonds is 7. The summed E-state index contributed by atoms with van der Waals surface area (Å²) >= 11 is 0. The SMILES string of the molecule is CCOC(=O)c1ccc(NC(=O)[C@H]2CCC(=O)N2[C@@H]2OC(=O)c3c2ccc(OC)c3OC)cc1. The molecule has 0 aromatic heterocycles. The summed E-state index contributed by atoms with van der Waals surface area (Å²) < 4.78 is 21.1. The number of methoxy groups -OCH3 is 2. The number of ether oxygens (including phenoxy) is 4. The molecule has 0 aliphatic carbocycles. The molecule has 2 aliphatic heterocycles. The Bertz CT molecular complexity index is 1140. The van der Waals surface area contributed by atoms with Crippen molar-refractivity contribution in [1.29, 1.82) is 0 Å². The van der Waals surface area contributed by atoms with E-state index in [0.717, 1.165) is 0 Å². The number of carbonyl (C=O) groups excluding carboxylic acids is 4. The van der Waals surface area contributed by atoms with Crippen molar-refractivity contribution in [3.63, 3.8) is 0 Å². The lowest BCUT2D eigenvalue weighted by Crippen LogP contribution is -2.43. The van der Waals surface area contributed by atoms with Crippen LogP contribution in [0.4, 0.5) is 5.69 Å². The summed E-state index contributed by atoms with van der Waals surface area (Å²) in [5.74, 6) is -1.29. The van der Waals surface area contributed by atoms with Gasteiger partial charge in [-0.15, -0.1) is 0 Å². The minimum atomic E-state index is -1.06. The van der Waals surface area contributed by atoms with Gasteiger partial charge in [0, 0.05) is 17.7 Å². The predicted octanol–water partition coefficient (Wildman–Crippen LogP) is 2.68. The first-order valence-electron chi connectivity index (χ1n) is 10.7. The molecule has 1 N–H and O–H groups in total. The van der Waals surface area contributed by atoms with E-state index in [0.29, 0.717) is 22.6 Å². The lowest BCUT2D eigenvalue weighted by molar-refractivity contribution is -0.144. The maximum absolute atomic E-state index is 13.1. The van der Waals surface area contributed by atoms with Crippen LogP contribution in [0.2, 0.25) is 0 Å². The van der Waals surface area contributed by atoms with Gasteiger partial charge in [0.05, 0.1) is 26.4 Å². The van der Waals surface area contributed by atoms with Gasteiger partial charge in [-0.3, -0.25) is 14.5 Å². The van der Waals surface area contributed by atoms with Crippen LogP contribution in [0.3, 0.4) is 0 Å². The lowest BCUT2D eigenvalue weighted by atomic mass is 10.0. The second kappa shape index (κ2) is 9.42. The first-order valence-corrected chi connectivity index (χ1v) is 10.7. The molecule has 2 heterocycles. The molecule has 34 heavy (non-hydrogen) atoms. The van der Waals surface area contributed by atoms with Crippen molar-refractivity contribution >= 4 is 29.4 Å². The fraction of sp³-hybridized carbons (Fsp3) is 0.333. The summed E-state index contributed by atoms with van der Waals surface area (Å²) in [5.41, 5.74) is 1.40. The van der Waals surface area contributed by atoms with Gasteiger partial charge in [0.1, 0.15) is 11.6 Å². The van der Waals surface area contributed by atoms with Crippen LogP contribution >= 0.6 is 0 Å². The smallest absolute Gasteiger partial charge is 0.344 e. The van der Waals surface area contributed by atoms with E-state index in [-0.39, 0.29) is 36.7 Å². The highest BCUT2D eigenvalue weighted by atomic mass is 16.6. The molecule has 1 fully saturated rings. The second-order valence-electron chi connectivity index (χ2n) is 7.67. The minimum Gasteiger partial charge on any atom is -0.493 e. The summed E-state index contributed by atoms with van der Waals surface area (Å²) in [6.07, 6.45) is -0.655. The Hall–Kier alpha value is -4.08. The van der Waals surface area contributed by atoms with Gasteiger partial charge < -0.3 is 24.3 Å². The minimum absolute atomic E-state index is 0.135. The zero-order chi connectivity index (χ0) is 24.4. The molecule has 2 amide bonds. The number of nitrogens with zero attached hydrogens (tertiary/aromatic N) is 1. The Morgan fingerprint density at radius 1 is 1.09 bits per heavy atom. The van der Waals surface area contributed by atoms with E-state index in [1.165, 1.54) is 19.1 Å². The van der Waals surface area contributed by atoms with Gasteiger partial charge in [-0.2, -0.15) is 0 Å². The van der Waals surface area contributed by atoms with Crippen molar-refractivity contribution in [2.75, 3.05) is 26.1 Å². The average molecular weight is 468 g/mol. The molecule has 0 bridgehead atoms. The number of carbonyl (C=O) groups is 4. The number of cyclic esters (lactones) is 1. The van der Waals surface area contributed by atoms with Gasteiger partial charge >= 0.3 is 11.9 Å². The molecule has 2 atom stereocenters. The summed E-state index contributed by atoms with van der Waals surface area (Å²) in [5, 5.41) is 2.76. The van der Waals surface area contributed by atoms with Crippen LogP contribution in [0.25, 0.3) is 0 Å². The summed E-state index contributed by atoms with van der Waals surface area (Å²) in [4.78, 5) is 51.6. The van der Waals surface area contributed by atoms with Crippen LogP contribution in [0.15, 0.2) is 36.4 Å². The third-order valence-corrected chi connectivity index (χ3v) is 5.74. The zero-order valence-electron chi connectivity index (χ0n) is 19.0. The van der Waals surface area contributed by atoms with E-state index in [4.69, 9.17) is 18.9 Å². The van der Waals surface area contributed by atoms with Crippen LogP contribution in [0.5, 0.6) is 11.5 Å². The van der Waals surface area contributed by atoms with E-state index in [1.807, 2.05) is 0 Å². The molecule has 0 saturated carbocycles. The van der Waals surface area contributed by atoms with Gasteiger partial charge in [-0.1, -0.05) is 0 Å². The third kappa shape index (κ3) is 4.02. The van der Waals surface area contributed by atoms with Crippen molar-refractivity contribution in [2.24, 2.45) is 0 Å². The van der Waals surface area contributed by atoms with Crippen LogP contribution in [0, 0.1) is 0 Å². The molecule has 0 spiro atoms. The summed E-state index contributed by atoms with van der Waals surface area (Å²) in [6, 6.07) is 8.63. The highest BCUT2D eigenvalue weighted by Gasteiger charge is 2.47. The predicted molar refractivity (Wildman–Crippen MR) is 119 cm³/mol. The Kier molecular flexibility index (Phi) is 6.40. The van der Waals surface area contributed by atoms with Crippen molar-refractivity contribution in [3.05, 3.63) is 53.1 Å². The number of benzene rings is 2. The maximum Gasteiger partial charge on any atom is 0.344 e. The van der Waals surface area contributed by atoms with E-state index in [2.05, 4.69) is 5.32 Å². The lowest BCUT2D eigenvalue weighted by Gasteiger charge is -2.29. The third-order valence-electron chi connectivity index (χ3n) is 5.74. The number of fused-ring (bicyclic) bond motifs is 1. The van der Waals surface area contributed by atoms with E-state index < -0.39 is 30.1 Å². The Morgan fingerprint density at radius 2 is 1.82 bits per heavy atom. The van der Waals surface area contributed by atoms with E-state index >= 15 is 0 Å². The van der Waals surface area contributed by atoms with Gasteiger partial charge in [-0.05, 0) is 49.7 Å². The number of amides is 2. The van der Waals surface area contributed by atoms with Crippen LogP contribution < -0.4 is 14.8 Å². The molecular formula is C24H24N2O8. The number of nitrogens with one attached hydrogen (secondary N) is 1. The first-order chi connectivity index (χ1) is 16.4. The Balaban J connectivity index is 1.56. The first kappa shape index (κ1) is 23.1. The highest BCUT2D eigenvalue weighted by molar-refractivity contribution is 6.01. The topological polar surface area (TPSA) is 120 Å². The molecule has 0 radical (unpaired) electrons. The number of likely N-dealkylation sites (tertiary alicyclic amines) is 1. The molecular weight excluding hydrogens is 444 g/mol.